The van der Waals surface area contributed by atoms with Gasteiger partial charge in [0.1, 0.15) is 6.61 Å². The van der Waals surface area contributed by atoms with E-state index in [1.165, 1.54) is 5.57 Å². The summed E-state index contributed by atoms with van der Waals surface area (Å²) in [6, 6.07) is 0. The third-order valence-electron chi connectivity index (χ3n) is 9.48. The maximum atomic E-state index is 12.9. The summed E-state index contributed by atoms with van der Waals surface area (Å²) in [5, 5.41) is 9.73. The van der Waals surface area contributed by atoms with Gasteiger partial charge in [-0.25, -0.2) is 0 Å². The van der Waals surface area contributed by atoms with E-state index in [4.69, 9.17) is 0 Å². The van der Waals surface area contributed by atoms with Crippen molar-refractivity contribution in [3.05, 3.63) is 23.3 Å². The van der Waals surface area contributed by atoms with Gasteiger partial charge >= 0.3 is 0 Å². The summed E-state index contributed by atoms with van der Waals surface area (Å²) in [7, 11) is 0. The van der Waals surface area contributed by atoms with E-state index in [0.29, 0.717) is 24.2 Å². The van der Waals surface area contributed by atoms with Crippen LogP contribution in [0.2, 0.25) is 0 Å². The molecule has 148 valence electrons. The van der Waals surface area contributed by atoms with E-state index in [9.17, 15) is 14.7 Å². The van der Waals surface area contributed by atoms with Crippen molar-refractivity contribution >= 4 is 11.6 Å². The van der Waals surface area contributed by atoms with E-state index in [-0.39, 0.29) is 29.0 Å². The minimum atomic E-state index is -0.442. The van der Waals surface area contributed by atoms with Gasteiger partial charge in [0.05, 0.1) is 0 Å². The zero-order chi connectivity index (χ0) is 19.6. The minimum Gasteiger partial charge on any atom is -0.389 e. The first-order valence-corrected chi connectivity index (χ1v) is 10.8. The molecule has 2 saturated carbocycles. The van der Waals surface area contributed by atoms with E-state index in [0.717, 1.165) is 38.5 Å². The normalized spacial score (nSPS) is 46.1. The van der Waals surface area contributed by atoms with Crippen LogP contribution >= 0.6 is 0 Å². The fourth-order valence-corrected chi connectivity index (χ4v) is 7.54. The Kier molecular flexibility index (Phi) is 4.34. The quantitative estimate of drug-likeness (QED) is 0.736. The standard InChI is InChI=1S/C24H34O3/c1-5-15-13-20-18-7-6-16-12-17(26)8-10-22(16,2)19(18)9-11-23(20,3)24(15,4)21(27)14-25/h9,12,15,18,20,25H,5-8,10-11,13-14H2,1-4H3/t15?,18?,20?,22-,23-,24+/m0/s1. The summed E-state index contributed by atoms with van der Waals surface area (Å²) in [5.41, 5.74) is 2.40. The smallest absolute Gasteiger partial charge is 0.164 e. The Morgan fingerprint density at radius 3 is 2.67 bits per heavy atom. The number of allylic oxidation sites excluding steroid dienone is 4. The van der Waals surface area contributed by atoms with Crippen LogP contribution < -0.4 is 0 Å². The number of ketones is 2. The molecule has 3 heteroatoms. The van der Waals surface area contributed by atoms with Crippen molar-refractivity contribution in [3.8, 4) is 0 Å². The lowest BCUT2D eigenvalue weighted by molar-refractivity contribution is -0.141. The molecule has 3 nitrogen and oxygen atoms in total. The number of hydrogen-bond acceptors (Lipinski definition) is 3. The monoisotopic (exact) mass is 370 g/mol. The van der Waals surface area contributed by atoms with Crippen molar-refractivity contribution in [1.29, 1.82) is 0 Å². The van der Waals surface area contributed by atoms with Crippen LogP contribution in [0, 0.1) is 34.0 Å². The summed E-state index contributed by atoms with van der Waals surface area (Å²) in [6.07, 6.45) is 11.1. The average Bonchev–Trinajstić information content (AvgIpc) is 2.90. The van der Waals surface area contributed by atoms with Crippen LogP contribution in [0.1, 0.15) is 72.6 Å². The van der Waals surface area contributed by atoms with Gasteiger partial charge < -0.3 is 5.11 Å². The predicted molar refractivity (Wildman–Crippen MR) is 106 cm³/mol. The third-order valence-corrected chi connectivity index (χ3v) is 9.48. The molecule has 0 aliphatic heterocycles. The summed E-state index contributed by atoms with van der Waals surface area (Å²) in [6.45, 7) is 8.64. The molecule has 0 aromatic heterocycles. The summed E-state index contributed by atoms with van der Waals surface area (Å²) >= 11 is 0. The molecule has 3 unspecified atom stereocenters. The molecule has 2 fully saturated rings. The van der Waals surface area contributed by atoms with Crippen LogP contribution in [0.15, 0.2) is 23.3 Å². The van der Waals surface area contributed by atoms with Crippen molar-refractivity contribution < 1.29 is 14.7 Å². The van der Waals surface area contributed by atoms with Crippen molar-refractivity contribution in [3.63, 3.8) is 0 Å². The number of fused-ring (bicyclic) bond motifs is 5. The largest absolute Gasteiger partial charge is 0.389 e. The highest BCUT2D eigenvalue weighted by molar-refractivity contribution is 5.92. The number of rotatable bonds is 3. The van der Waals surface area contributed by atoms with Gasteiger partial charge in [0, 0.05) is 17.3 Å². The van der Waals surface area contributed by atoms with E-state index in [1.54, 1.807) is 5.57 Å². The Labute approximate surface area is 163 Å². The van der Waals surface area contributed by atoms with Crippen LogP contribution in [-0.2, 0) is 9.59 Å². The molecule has 0 saturated heterocycles. The zero-order valence-electron chi connectivity index (χ0n) is 17.3. The van der Waals surface area contributed by atoms with Crippen LogP contribution in [-0.4, -0.2) is 23.3 Å². The highest BCUT2D eigenvalue weighted by Crippen LogP contribution is 2.70. The van der Waals surface area contributed by atoms with Gasteiger partial charge in [0.15, 0.2) is 11.6 Å². The van der Waals surface area contributed by atoms with E-state index >= 15 is 0 Å². The molecular formula is C24H34O3. The Hall–Kier alpha value is -1.22. The first-order chi connectivity index (χ1) is 12.7. The average molecular weight is 371 g/mol. The van der Waals surface area contributed by atoms with Crippen LogP contribution in [0.5, 0.6) is 0 Å². The first-order valence-electron chi connectivity index (χ1n) is 10.8. The Morgan fingerprint density at radius 1 is 1.26 bits per heavy atom. The molecule has 0 radical (unpaired) electrons. The molecule has 4 aliphatic rings. The van der Waals surface area contributed by atoms with Gasteiger partial charge in [0.25, 0.3) is 0 Å². The minimum absolute atomic E-state index is 0.0297. The maximum absolute atomic E-state index is 12.9. The van der Waals surface area contributed by atoms with Crippen molar-refractivity contribution in [2.24, 2.45) is 34.0 Å². The molecule has 0 aromatic rings. The Morgan fingerprint density at radius 2 is 2.00 bits per heavy atom. The lowest BCUT2D eigenvalue weighted by Gasteiger charge is -2.55. The van der Waals surface area contributed by atoms with Crippen LogP contribution in [0.4, 0.5) is 0 Å². The SMILES string of the molecule is CCC1CC2C3CCC4=CC(=O)CC[C@]4(C)C3=CC[C@]2(C)[C@@]1(C)C(=O)CO. The van der Waals surface area contributed by atoms with Crippen molar-refractivity contribution in [1.82, 2.24) is 0 Å². The highest BCUT2D eigenvalue weighted by atomic mass is 16.3. The highest BCUT2D eigenvalue weighted by Gasteiger charge is 2.65. The molecule has 27 heavy (non-hydrogen) atoms. The second-order valence-corrected chi connectivity index (χ2v) is 10.1. The first kappa shape index (κ1) is 19.1. The van der Waals surface area contributed by atoms with E-state index in [2.05, 4.69) is 33.8 Å². The molecule has 4 rings (SSSR count). The summed E-state index contributed by atoms with van der Waals surface area (Å²) in [4.78, 5) is 24.9. The lowest BCUT2D eigenvalue weighted by Crippen LogP contribution is -2.51. The number of aliphatic hydroxyl groups excluding tert-OH is 1. The van der Waals surface area contributed by atoms with Gasteiger partial charge in [-0.15, -0.1) is 0 Å². The second kappa shape index (κ2) is 6.14. The molecule has 1 N–H and O–H groups in total. The fraction of sp³-hybridized carbons (Fsp3) is 0.750. The molecule has 4 aliphatic carbocycles. The van der Waals surface area contributed by atoms with Crippen molar-refractivity contribution in [2.45, 2.75) is 72.6 Å². The van der Waals surface area contributed by atoms with Gasteiger partial charge in [-0.2, -0.15) is 0 Å². The van der Waals surface area contributed by atoms with Crippen molar-refractivity contribution in [2.75, 3.05) is 6.61 Å². The van der Waals surface area contributed by atoms with E-state index in [1.807, 2.05) is 6.08 Å². The van der Waals surface area contributed by atoms with Gasteiger partial charge in [-0.1, -0.05) is 51.3 Å². The number of hydrogen-bond donors (Lipinski definition) is 1. The van der Waals surface area contributed by atoms with Crippen LogP contribution in [0.25, 0.3) is 0 Å². The van der Waals surface area contributed by atoms with Gasteiger partial charge in [-0.05, 0) is 61.3 Å². The molecular weight excluding hydrogens is 336 g/mol. The fourth-order valence-electron chi connectivity index (χ4n) is 7.54. The predicted octanol–water partition coefficient (Wildman–Crippen LogP) is 4.64. The number of aliphatic hydroxyl groups is 1. The molecule has 6 atom stereocenters. The molecule has 0 amide bonds. The molecule has 0 heterocycles. The summed E-state index contributed by atoms with van der Waals surface area (Å²) < 4.78 is 0. The summed E-state index contributed by atoms with van der Waals surface area (Å²) in [5.74, 6) is 1.68. The zero-order valence-corrected chi connectivity index (χ0v) is 17.3. The Bertz CT molecular complexity index is 747. The third kappa shape index (κ3) is 2.30. The molecule has 0 bridgehead atoms. The van der Waals surface area contributed by atoms with Gasteiger partial charge in [-0.3, -0.25) is 9.59 Å². The van der Waals surface area contributed by atoms with E-state index < -0.39 is 5.41 Å². The molecule has 0 spiro atoms. The Balaban J connectivity index is 1.78. The topological polar surface area (TPSA) is 54.4 Å². The van der Waals surface area contributed by atoms with Gasteiger partial charge in [0.2, 0.25) is 0 Å². The second-order valence-electron chi connectivity index (χ2n) is 10.1. The number of carbonyl (C=O) groups is 2. The molecule has 0 aromatic carbocycles. The number of Topliss-reactive ketones (excluding diaryl/α,β-unsaturated/α-hetero) is 1. The lowest BCUT2D eigenvalue weighted by atomic mass is 9.48. The van der Waals surface area contributed by atoms with Crippen LogP contribution in [0.3, 0.4) is 0 Å². The number of carbonyl (C=O) groups excluding carboxylic acids is 2. The maximum Gasteiger partial charge on any atom is 0.164 e.